The van der Waals surface area contributed by atoms with Gasteiger partial charge in [0.1, 0.15) is 0 Å². The van der Waals surface area contributed by atoms with Crippen molar-refractivity contribution >= 4 is 0 Å². The van der Waals surface area contributed by atoms with Crippen molar-refractivity contribution in [1.82, 2.24) is 0 Å². The van der Waals surface area contributed by atoms with E-state index in [4.69, 9.17) is 0 Å². The van der Waals surface area contributed by atoms with Gasteiger partial charge in [-0.15, -0.1) is 0 Å². The molecular formula is C17H28O. The highest BCUT2D eigenvalue weighted by Crippen LogP contribution is 2.33. The van der Waals surface area contributed by atoms with Crippen molar-refractivity contribution < 1.29 is 5.11 Å². The van der Waals surface area contributed by atoms with E-state index in [0.717, 1.165) is 6.42 Å². The summed E-state index contributed by atoms with van der Waals surface area (Å²) in [6.45, 7) is 10.4. The maximum Gasteiger partial charge on any atom is 0.0708 e. The molecule has 2 unspecified atom stereocenters. The first-order valence-electron chi connectivity index (χ1n) is 7.20. The Balaban J connectivity index is 2.78. The summed E-state index contributed by atoms with van der Waals surface area (Å²) in [5.41, 5.74) is 1.98. The van der Waals surface area contributed by atoms with Gasteiger partial charge in [0.15, 0.2) is 0 Å². The third kappa shape index (κ3) is 3.58. The molecule has 1 rings (SSSR count). The smallest absolute Gasteiger partial charge is 0.0708 e. The predicted octanol–water partition coefficient (Wildman–Crippen LogP) is 4.54. The van der Waals surface area contributed by atoms with E-state index in [2.05, 4.69) is 52.0 Å². The zero-order valence-electron chi connectivity index (χ0n) is 12.5. The first-order valence-corrected chi connectivity index (χ1v) is 7.20. The number of unbranched alkanes of at least 4 members (excludes halogenated alkanes) is 1. The summed E-state index contributed by atoms with van der Waals surface area (Å²) < 4.78 is 0. The summed E-state index contributed by atoms with van der Waals surface area (Å²) in [6.07, 6.45) is 3.64. The van der Waals surface area contributed by atoms with Gasteiger partial charge >= 0.3 is 0 Å². The quantitative estimate of drug-likeness (QED) is 0.783. The molecule has 1 aromatic rings. The molecule has 0 spiro atoms. The molecule has 0 fully saturated rings. The molecule has 1 heteroatoms. The lowest BCUT2D eigenvalue weighted by atomic mass is 9.77. The van der Waals surface area contributed by atoms with Crippen molar-refractivity contribution in [3.05, 3.63) is 35.4 Å². The minimum atomic E-state index is -0.648. The molecule has 0 aliphatic rings. The molecule has 0 bridgehead atoms. The number of hydrogen-bond acceptors (Lipinski definition) is 1. The van der Waals surface area contributed by atoms with Crippen molar-refractivity contribution in [3.63, 3.8) is 0 Å². The highest BCUT2D eigenvalue weighted by molar-refractivity contribution is 5.27. The van der Waals surface area contributed by atoms with Crippen LogP contribution in [0.15, 0.2) is 24.3 Å². The summed E-state index contributed by atoms with van der Waals surface area (Å²) in [7, 11) is 0. The second-order valence-electron chi connectivity index (χ2n) is 5.95. The highest BCUT2D eigenvalue weighted by atomic mass is 16.3. The Hall–Kier alpha value is -0.820. The Morgan fingerprint density at radius 1 is 1.11 bits per heavy atom. The van der Waals surface area contributed by atoms with Crippen molar-refractivity contribution in [2.45, 2.75) is 65.4 Å². The van der Waals surface area contributed by atoms with Crippen LogP contribution in [-0.2, 0) is 6.42 Å². The van der Waals surface area contributed by atoms with E-state index >= 15 is 0 Å². The van der Waals surface area contributed by atoms with Crippen molar-refractivity contribution in [3.8, 4) is 0 Å². The van der Waals surface area contributed by atoms with Crippen LogP contribution in [0.1, 0.15) is 64.5 Å². The first-order chi connectivity index (χ1) is 8.39. The summed E-state index contributed by atoms with van der Waals surface area (Å²) in [6, 6.07) is 8.76. The maximum absolute atomic E-state index is 10.5. The van der Waals surface area contributed by atoms with Crippen LogP contribution in [-0.4, -0.2) is 10.7 Å². The Kier molecular flexibility index (Phi) is 5.40. The van der Waals surface area contributed by atoms with Gasteiger partial charge in [0.05, 0.1) is 5.60 Å². The van der Waals surface area contributed by atoms with Crippen molar-refractivity contribution in [1.29, 1.82) is 0 Å². The molecule has 1 nitrogen and oxygen atoms in total. The fraction of sp³-hybridized carbons (Fsp3) is 0.647. The first kappa shape index (κ1) is 15.2. The molecule has 18 heavy (non-hydrogen) atoms. The number of hydrogen-bond donors (Lipinski definition) is 1. The lowest BCUT2D eigenvalue weighted by Gasteiger charge is -2.34. The van der Waals surface area contributed by atoms with E-state index in [1.165, 1.54) is 24.0 Å². The Bertz CT molecular complexity index is 348. The van der Waals surface area contributed by atoms with Gasteiger partial charge in [0.2, 0.25) is 0 Å². The van der Waals surface area contributed by atoms with Crippen LogP contribution >= 0.6 is 0 Å². The fourth-order valence-corrected chi connectivity index (χ4v) is 2.19. The predicted molar refractivity (Wildman–Crippen MR) is 78.9 cm³/mol. The van der Waals surface area contributed by atoms with Gasteiger partial charge in [-0.1, -0.05) is 58.4 Å². The van der Waals surface area contributed by atoms with Gasteiger partial charge in [0.25, 0.3) is 0 Å². The van der Waals surface area contributed by atoms with Crippen LogP contribution < -0.4 is 0 Å². The van der Waals surface area contributed by atoms with Crippen LogP contribution in [0.4, 0.5) is 0 Å². The molecule has 0 aliphatic heterocycles. The van der Waals surface area contributed by atoms with E-state index in [1.54, 1.807) is 0 Å². The van der Waals surface area contributed by atoms with Gasteiger partial charge in [-0.25, -0.2) is 0 Å². The lowest BCUT2D eigenvalue weighted by molar-refractivity contribution is -0.00825. The molecule has 0 aliphatic carbocycles. The second kappa shape index (κ2) is 6.38. The standard InChI is InChI=1S/C17H28O/c1-6-7-8-15-9-11-16(12-10-15)14(4)17(5,18)13(2)3/h9-14,18H,6-8H2,1-5H3. The monoisotopic (exact) mass is 248 g/mol. The number of benzene rings is 1. The van der Waals surface area contributed by atoms with Gasteiger partial charge < -0.3 is 5.11 Å². The molecule has 1 aromatic carbocycles. The third-order valence-corrected chi connectivity index (χ3v) is 4.34. The average Bonchev–Trinajstić information content (AvgIpc) is 2.35. The Morgan fingerprint density at radius 2 is 1.67 bits per heavy atom. The van der Waals surface area contributed by atoms with Crippen LogP contribution in [0.5, 0.6) is 0 Å². The molecule has 2 atom stereocenters. The molecule has 0 saturated heterocycles. The molecule has 102 valence electrons. The highest BCUT2D eigenvalue weighted by Gasteiger charge is 2.32. The molecule has 0 radical (unpaired) electrons. The maximum atomic E-state index is 10.5. The zero-order chi connectivity index (χ0) is 13.8. The number of aliphatic hydroxyl groups is 1. The topological polar surface area (TPSA) is 20.2 Å². The zero-order valence-corrected chi connectivity index (χ0v) is 12.5. The average molecular weight is 248 g/mol. The van der Waals surface area contributed by atoms with Crippen LogP contribution in [0.25, 0.3) is 0 Å². The van der Waals surface area contributed by atoms with Gasteiger partial charge in [-0.3, -0.25) is 0 Å². The van der Waals surface area contributed by atoms with E-state index in [1.807, 2.05) is 6.92 Å². The minimum absolute atomic E-state index is 0.165. The Morgan fingerprint density at radius 3 is 2.11 bits per heavy atom. The number of rotatable bonds is 6. The third-order valence-electron chi connectivity index (χ3n) is 4.34. The summed E-state index contributed by atoms with van der Waals surface area (Å²) in [4.78, 5) is 0. The SMILES string of the molecule is CCCCc1ccc(C(C)C(C)(O)C(C)C)cc1. The largest absolute Gasteiger partial charge is 0.389 e. The van der Waals surface area contributed by atoms with Crippen LogP contribution in [0, 0.1) is 5.92 Å². The van der Waals surface area contributed by atoms with Gasteiger partial charge in [-0.05, 0) is 36.8 Å². The van der Waals surface area contributed by atoms with Crippen LogP contribution in [0.2, 0.25) is 0 Å². The molecule has 0 aromatic heterocycles. The Labute approximate surface area is 112 Å². The number of aryl methyl sites for hydroxylation is 1. The summed E-state index contributed by atoms with van der Waals surface area (Å²) in [5.74, 6) is 0.421. The van der Waals surface area contributed by atoms with Gasteiger partial charge in [0, 0.05) is 5.92 Å². The minimum Gasteiger partial charge on any atom is -0.389 e. The van der Waals surface area contributed by atoms with Crippen LogP contribution in [0.3, 0.4) is 0 Å². The van der Waals surface area contributed by atoms with E-state index in [-0.39, 0.29) is 11.8 Å². The second-order valence-corrected chi connectivity index (χ2v) is 5.95. The molecule has 0 heterocycles. The lowest BCUT2D eigenvalue weighted by Crippen LogP contribution is -2.36. The normalized spacial score (nSPS) is 16.6. The molecule has 0 saturated carbocycles. The molecule has 0 amide bonds. The van der Waals surface area contributed by atoms with E-state index in [9.17, 15) is 5.11 Å². The molecule has 1 N–H and O–H groups in total. The molecular weight excluding hydrogens is 220 g/mol. The fourth-order valence-electron chi connectivity index (χ4n) is 2.19. The van der Waals surface area contributed by atoms with Crippen molar-refractivity contribution in [2.75, 3.05) is 0 Å². The van der Waals surface area contributed by atoms with E-state index in [0.29, 0.717) is 0 Å². The van der Waals surface area contributed by atoms with Gasteiger partial charge in [-0.2, -0.15) is 0 Å². The van der Waals surface area contributed by atoms with E-state index < -0.39 is 5.60 Å². The van der Waals surface area contributed by atoms with Crippen molar-refractivity contribution in [2.24, 2.45) is 5.92 Å². The summed E-state index contributed by atoms with van der Waals surface area (Å²) in [5, 5.41) is 10.5. The summed E-state index contributed by atoms with van der Waals surface area (Å²) >= 11 is 0.